The Morgan fingerprint density at radius 3 is 2.33 bits per heavy atom. The van der Waals surface area contributed by atoms with Crippen molar-refractivity contribution in [1.29, 1.82) is 0 Å². The topological polar surface area (TPSA) is 120 Å². The summed E-state index contributed by atoms with van der Waals surface area (Å²) in [6.45, 7) is 3.89. The van der Waals surface area contributed by atoms with Crippen LogP contribution in [0.5, 0.6) is 5.75 Å². The summed E-state index contributed by atoms with van der Waals surface area (Å²) in [5.74, 6) is 1.98. The van der Waals surface area contributed by atoms with Gasteiger partial charge in [-0.3, -0.25) is 9.98 Å². The zero-order chi connectivity index (χ0) is 22.5. The molecule has 0 aliphatic carbocycles. The number of benzene rings is 1. The summed E-state index contributed by atoms with van der Waals surface area (Å²) in [5.41, 5.74) is 0.198. The zero-order valence-corrected chi connectivity index (χ0v) is 18.9. The number of aromatic hydroxyl groups is 1. The molecule has 0 saturated carbocycles. The van der Waals surface area contributed by atoms with E-state index in [0.717, 1.165) is 22.2 Å². The van der Waals surface area contributed by atoms with Crippen LogP contribution >= 0.6 is 0 Å². The third-order valence-electron chi connectivity index (χ3n) is 4.51. The molecule has 0 radical (unpaired) electrons. The number of sulfonamides is 1. The maximum atomic E-state index is 12.5. The Morgan fingerprint density at radius 2 is 1.83 bits per heavy atom. The highest BCUT2D eigenvalue weighted by molar-refractivity contribution is 7.89. The molecule has 1 heterocycles. The van der Waals surface area contributed by atoms with E-state index in [-0.39, 0.29) is 16.6 Å². The van der Waals surface area contributed by atoms with Gasteiger partial charge in [0.05, 0.1) is 11.7 Å². The summed E-state index contributed by atoms with van der Waals surface area (Å²) in [6, 6.07) is 8.12. The molecule has 0 spiro atoms. The van der Waals surface area contributed by atoms with E-state index in [2.05, 4.69) is 20.6 Å². The van der Waals surface area contributed by atoms with Crippen LogP contribution in [-0.4, -0.2) is 57.7 Å². The molecular weight excluding hydrogens is 406 g/mol. The molecule has 1 aromatic carbocycles. The Morgan fingerprint density at radius 1 is 1.17 bits per heavy atom. The van der Waals surface area contributed by atoms with E-state index in [9.17, 15) is 13.5 Å². The van der Waals surface area contributed by atoms with Gasteiger partial charge in [-0.15, -0.1) is 0 Å². The first-order chi connectivity index (χ1) is 14.1. The number of hydrogen-bond donors (Lipinski definition) is 3. The number of aryl methyl sites for hydroxylation is 1. The molecule has 0 unspecified atom stereocenters. The van der Waals surface area contributed by atoms with Crippen molar-refractivity contribution < 1.29 is 17.9 Å². The van der Waals surface area contributed by atoms with Crippen molar-refractivity contribution in [3.05, 3.63) is 41.9 Å². The van der Waals surface area contributed by atoms with Crippen LogP contribution in [-0.2, 0) is 10.0 Å². The zero-order valence-electron chi connectivity index (χ0n) is 18.1. The number of aliphatic imine (C=N–C) groups is 2. The molecule has 30 heavy (non-hydrogen) atoms. The third-order valence-corrected chi connectivity index (χ3v) is 6.35. The fraction of sp³-hybridized carbons (Fsp3) is 0.400. The molecule has 0 aliphatic rings. The van der Waals surface area contributed by atoms with Gasteiger partial charge in [0.15, 0.2) is 17.4 Å². The van der Waals surface area contributed by atoms with E-state index in [1.165, 1.54) is 20.2 Å². The molecule has 0 amide bonds. The number of furan rings is 1. The second-order valence-electron chi connectivity index (χ2n) is 6.76. The normalized spacial score (nSPS) is 14.1. The molecule has 0 bridgehead atoms. The van der Waals surface area contributed by atoms with Crippen molar-refractivity contribution >= 4 is 27.4 Å². The Hall–Kier alpha value is -2.85. The first-order valence-electron chi connectivity index (χ1n) is 9.44. The van der Waals surface area contributed by atoms with Gasteiger partial charge in [-0.05, 0) is 37.6 Å². The molecule has 1 aromatic heterocycles. The van der Waals surface area contributed by atoms with Crippen LogP contribution in [0, 0.1) is 6.92 Å². The fourth-order valence-electron chi connectivity index (χ4n) is 2.80. The quantitative estimate of drug-likeness (QED) is 0.365. The average molecular weight is 436 g/mol. The summed E-state index contributed by atoms with van der Waals surface area (Å²) in [4.78, 5) is 8.29. The van der Waals surface area contributed by atoms with Crippen LogP contribution in [0.25, 0.3) is 0 Å². The SMILES string of the molecule is CC[C@@H](NC(=N/C)/C(=N\C)Nc1cccc(S(=O)(=O)N(C)C)c1O)c1ccc(C)o1. The lowest BCUT2D eigenvalue weighted by atomic mass is 10.1. The van der Waals surface area contributed by atoms with Crippen molar-refractivity contribution in [2.24, 2.45) is 9.98 Å². The number of nitrogens with zero attached hydrogens (tertiary/aromatic N) is 3. The Kier molecular flexibility index (Phi) is 7.63. The van der Waals surface area contributed by atoms with Gasteiger partial charge in [-0.1, -0.05) is 13.0 Å². The van der Waals surface area contributed by atoms with Crippen LogP contribution in [0.15, 0.2) is 49.6 Å². The van der Waals surface area contributed by atoms with Crippen molar-refractivity contribution in [2.45, 2.75) is 31.2 Å². The Labute approximate surface area is 177 Å². The van der Waals surface area contributed by atoms with Gasteiger partial charge < -0.3 is 20.2 Å². The standard InChI is InChI=1S/C20H29N5O4S/c1-7-14(16-12-11-13(2)29-16)23-19(21-3)20(22-4)24-15-9-8-10-17(18(15)26)30(27,28)25(5)6/h8-12,14,26H,7H2,1-6H3,(H,21,23)(H,22,24)/t14-/m1/s1. The maximum Gasteiger partial charge on any atom is 0.246 e. The minimum absolute atomic E-state index is 0.134. The van der Waals surface area contributed by atoms with E-state index in [1.807, 2.05) is 26.0 Å². The second-order valence-corrected chi connectivity index (χ2v) is 8.88. The predicted octanol–water partition coefficient (Wildman–Crippen LogP) is 2.75. The van der Waals surface area contributed by atoms with E-state index in [4.69, 9.17) is 4.42 Å². The van der Waals surface area contributed by atoms with Crippen molar-refractivity contribution in [3.8, 4) is 5.75 Å². The van der Waals surface area contributed by atoms with Crippen LogP contribution in [0.1, 0.15) is 30.9 Å². The van der Waals surface area contributed by atoms with Gasteiger partial charge in [0, 0.05) is 28.2 Å². The first kappa shape index (κ1) is 23.4. The number of amidine groups is 2. The largest absolute Gasteiger partial charge is 0.504 e. The number of rotatable bonds is 6. The maximum absolute atomic E-state index is 12.5. The highest BCUT2D eigenvalue weighted by Crippen LogP contribution is 2.32. The van der Waals surface area contributed by atoms with E-state index >= 15 is 0 Å². The van der Waals surface area contributed by atoms with Crippen LogP contribution in [0.2, 0.25) is 0 Å². The highest BCUT2D eigenvalue weighted by atomic mass is 32.2. The summed E-state index contributed by atoms with van der Waals surface area (Å²) in [7, 11) is 2.18. The lowest BCUT2D eigenvalue weighted by Gasteiger charge is -2.20. The molecular formula is C20H29N5O4S. The van der Waals surface area contributed by atoms with Crippen LogP contribution < -0.4 is 10.6 Å². The van der Waals surface area contributed by atoms with Gasteiger partial charge in [-0.2, -0.15) is 0 Å². The lowest BCUT2D eigenvalue weighted by Crippen LogP contribution is -2.38. The van der Waals surface area contributed by atoms with Crippen molar-refractivity contribution in [1.82, 2.24) is 9.62 Å². The summed E-state index contributed by atoms with van der Waals surface area (Å²) < 4.78 is 31.7. The predicted molar refractivity (Wildman–Crippen MR) is 119 cm³/mol. The van der Waals surface area contributed by atoms with E-state index in [0.29, 0.717) is 11.7 Å². The van der Waals surface area contributed by atoms with Crippen LogP contribution in [0.3, 0.4) is 0 Å². The van der Waals surface area contributed by atoms with E-state index in [1.54, 1.807) is 26.2 Å². The van der Waals surface area contributed by atoms with Gasteiger partial charge in [0.1, 0.15) is 16.4 Å². The molecule has 1 atom stereocenters. The molecule has 9 nitrogen and oxygen atoms in total. The number of para-hydroxylation sites is 1. The van der Waals surface area contributed by atoms with Crippen LogP contribution in [0.4, 0.5) is 5.69 Å². The van der Waals surface area contributed by atoms with Gasteiger partial charge in [0.25, 0.3) is 0 Å². The number of phenols is 1. The highest BCUT2D eigenvalue weighted by Gasteiger charge is 2.24. The molecule has 0 fully saturated rings. The van der Waals surface area contributed by atoms with E-state index < -0.39 is 15.8 Å². The number of hydrogen-bond acceptors (Lipinski definition) is 6. The fourth-order valence-corrected chi connectivity index (χ4v) is 3.79. The van der Waals surface area contributed by atoms with Gasteiger partial charge in [0.2, 0.25) is 10.0 Å². The van der Waals surface area contributed by atoms with Gasteiger partial charge in [-0.25, -0.2) is 12.7 Å². The minimum Gasteiger partial charge on any atom is -0.504 e. The molecule has 10 heteroatoms. The summed E-state index contributed by atoms with van der Waals surface area (Å²) in [6.07, 6.45) is 0.741. The average Bonchev–Trinajstić information content (AvgIpc) is 3.14. The summed E-state index contributed by atoms with van der Waals surface area (Å²) >= 11 is 0. The number of nitrogens with one attached hydrogen (secondary N) is 2. The Bertz CT molecular complexity index is 1040. The Balaban J connectivity index is 2.32. The molecule has 2 aromatic rings. The van der Waals surface area contributed by atoms with Crippen molar-refractivity contribution in [2.75, 3.05) is 33.5 Å². The van der Waals surface area contributed by atoms with Gasteiger partial charge >= 0.3 is 0 Å². The lowest BCUT2D eigenvalue weighted by molar-refractivity contribution is 0.424. The monoisotopic (exact) mass is 435 g/mol. The first-order valence-corrected chi connectivity index (χ1v) is 10.9. The van der Waals surface area contributed by atoms with Crippen molar-refractivity contribution in [3.63, 3.8) is 0 Å². The number of phenolic OH excluding ortho intramolecular Hbond substituents is 1. The second kappa shape index (κ2) is 9.77. The molecule has 3 N–H and O–H groups in total. The molecule has 164 valence electrons. The smallest absolute Gasteiger partial charge is 0.246 e. The number of anilines is 1. The molecule has 0 aliphatic heterocycles. The molecule has 0 saturated heterocycles. The minimum atomic E-state index is -3.81. The summed E-state index contributed by atoms with van der Waals surface area (Å²) in [5, 5.41) is 16.9. The molecule has 2 rings (SSSR count). The third kappa shape index (κ3) is 5.00.